The van der Waals surface area contributed by atoms with Crippen LogP contribution < -0.4 is 5.32 Å². The van der Waals surface area contributed by atoms with E-state index in [1.165, 1.54) is 45.8 Å². The van der Waals surface area contributed by atoms with E-state index in [2.05, 4.69) is 26.1 Å². The lowest BCUT2D eigenvalue weighted by Crippen LogP contribution is -2.30. The molecule has 1 N–H and O–H groups in total. The monoisotopic (exact) mass is 445 g/mol. The maximum absolute atomic E-state index is 12.4. The lowest BCUT2D eigenvalue weighted by atomic mass is 10.2. The number of nitrogens with zero attached hydrogens (tertiary/aromatic N) is 2. The van der Waals surface area contributed by atoms with Crippen LogP contribution in [-0.2, 0) is 10.0 Å². The molecule has 1 aromatic rings. The Bertz CT molecular complexity index is 714. The number of benzene rings is 1. The minimum absolute atomic E-state index is 0.0970. The predicted octanol–water partition coefficient (Wildman–Crippen LogP) is 2.70. The molecule has 2 rings (SSSR count). The van der Waals surface area contributed by atoms with Crippen molar-refractivity contribution in [1.82, 2.24) is 14.5 Å². The first-order valence-electron chi connectivity index (χ1n) is 9.05. The van der Waals surface area contributed by atoms with Crippen molar-refractivity contribution < 1.29 is 13.2 Å². The highest BCUT2D eigenvalue weighted by Gasteiger charge is 2.22. The fraction of sp³-hybridized carbons (Fsp3) is 0.611. The molecule has 0 aliphatic carbocycles. The first-order chi connectivity index (χ1) is 12.3. The van der Waals surface area contributed by atoms with E-state index >= 15 is 0 Å². The van der Waals surface area contributed by atoms with Gasteiger partial charge >= 0.3 is 0 Å². The van der Waals surface area contributed by atoms with Crippen molar-refractivity contribution in [2.24, 2.45) is 0 Å². The summed E-state index contributed by atoms with van der Waals surface area (Å²) in [5.74, 6) is -0.247. The van der Waals surface area contributed by atoms with Crippen LogP contribution in [0.1, 0.15) is 42.5 Å². The molecule has 1 amide bonds. The van der Waals surface area contributed by atoms with Gasteiger partial charge in [0.05, 0.1) is 4.90 Å². The van der Waals surface area contributed by atoms with Gasteiger partial charge in [-0.25, -0.2) is 12.7 Å². The molecule has 0 atom stereocenters. The maximum Gasteiger partial charge on any atom is 0.251 e. The van der Waals surface area contributed by atoms with Gasteiger partial charge in [-0.15, -0.1) is 0 Å². The van der Waals surface area contributed by atoms with Crippen molar-refractivity contribution in [3.05, 3.63) is 28.2 Å². The molecule has 1 saturated heterocycles. The third-order valence-corrected chi connectivity index (χ3v) is 7.40. The molecule has 0 unspecified atom stereocenters. The number of halogens is 1. The third-order valence-electron chi connectivity index (χ3n) is 4.59. The maximum atomic E-state index is 12.4. The van der Waals surface area contributed by atoms with Crippen molar-refractivity contribution in [2.75, 3.05) is 40.3 Å². The van der Waals surface area contributed by atoms with Gasteiger partial charge < -0.3 is 10.2 Å². The molecule has 0 spiro atoms. The fourth-order valence-corrected chi connectivity index (χ4v) is 4.85. The van der Waals surface area contributed by atoms with Crippen LogP contribution in [0.5, 0.6) is 0 Å². The van der Waals surface area contributed by atoms with Gasteiger partial charge in [-0.2, -0.15) is 0 Å². The number of hydrogen-bond acceptors (Lipinski definition) is 4. The van der Waals surface area contributed by atoms with Crippen molar-refractivity contribution in [3.63, 3.8) is 0 Å². The minimum atomic E-state index is -3.61. The molecule has 146 valence electrons. The minimum Gasteiger partial charge on any atom is -0.352 e. The van der Waals surface area contributed by atoms with Crippen LogP contribution in [0.2, 0.25) is 0 Å². The Morgan fingerprint density at radius 1 is 1.19 bits per heavy atom. The third kappa shape index (κ3) is 5.77. The van der Waals surface area contributed by atoms with Crippen LogP contribution in [0.4, 0.5) is 0 Å². The summed E-state index contributed by atoms with van der Waals surface area (Å²) in [5, 5.41) is 2.89. The van der Waals surface area contributed by atoms with Crippen molar-refractivity contribution >= 4 is 31.9 Å². The lowest BCUT2D eigenvalue weighted by molar-refractivity contribution is 0.0951. The summed E-state index contributed by atoms with van der Waals surface area (Å²) in [7, 11) is -0.668. The van der Waals surface area contributed by atoms with E-state index < -0.39 is 10.0 Å². The molecule has 1 aliphatic rings. The predicted molar refractivity (Wildman–Crippen MR) is 107 cm³/mol. The van der Waals surface area contributed by atoms with Crippen molar-refractivity contribution in [2.45, 2.75) is 37.0 Å². The molecule has 26 heavy (non-hydrogen) atoms. The van der Waals surface area contributed by atoms with Crippen LogP contribution in [-0.4, -0.2) is 63.8 Å². The van der Waals surface area contributed by atoms with Crippen molar-refractivity contribution in [3.8, 4) is 0 Å². The molecule has 6 nitrogen and oxygen atoms in total. The molecule has 0 saturated carbocycles. The van der Waals surface area contributed by atoms with E-state index in [0.717, 1.165) is 30.4 Å². The molecule has 1 fully saturated rings. The van der Waals surface area contributed by atoms with Gasteiger partial charge in [0, 0.05) is 30.7 Å². The Morgan fingerprint density at radius 3 is 2.46 bits per heavy atom. The molecular weight excluding hydrogens is 418 g/mol. The van der Waals surface area contributed by atoms with E-state index in [-0.39, 0.29) is 10.8 Å². The fourth-order valence-electron chi connectivity index (χ4n) is 3.01. The van der Waals surface area contributed by atoms with E-state index in [1.807, 2.05) is 0 Å². The van der Waals surface area contributed by atoms with Gasteiger partial charge in [0.15, 0.2) is 0 Å². The van der Waals surface area contributed by atoms with Gasteiger partial charge in [0.2, 0.25) is 10.0 Å². The van der Waals surface area contributed by atoms with E-state index in [0.29, 0.717) is 16.6 Å². The Labute approximate surface area is 165 Å². The number of carbonyl (C=O) groups is 1. The lowest BCUT2D eigenvalue weighted by Gasteiger charge is -2.19. The zero-order valence-corrected chi connectivity index (χ0v) is 17.9. The van der Waals surface area contributed by atoms with Crippen molar-refractivity contribution in [1.29, 1.82) is 0 Å². The molecule has 8 heteroatoms. The number of likely N-dealkylation sites (tertiary alicyclic amines) is 1. The quantitative estimate of drug-likeness (QED) is 0.654. The molecule has 1 aliphatic heterocycles. The zero-order chi connectivity index (χ0) is 19.2. The average molecular weight is 446 g/mol. The van der Waals surface area contributed by atoms with Crippen LogP contribution in [0, 0.1) is 0 Å². The molecule has 0 radical (unpaired) electrons. The highest BCUT2D eigenvalue weighted by Crippen LogP contribution is 2.25. The van der Waals surface area contributed by atoms with Crippen LogP contribution >= 0.6 is 15.9 Å². The standard InChI is InChI=1S/C18H28BrN3O3S/c1-21(2)26(24,25)17-14-15(8-9-16(17)19)18(23)20-10-7-13-22-11-5-3-4-6-12-22/h8-9,14H,3-7,10-13H2,1-2H3,(H,20,23). The van der Waals surface area contributed by atoms with Gasteiger partial charge in [0.25, 0.3) is 5.91 Å². The van der Waals surface area contributed by atoms with E-state index in [9.17, 15) is 13.2 Å². The van der Waals surface area contributed by atoms with E-state index in [4.69, 9.17) is 0 Å². The zero-order valence-electron chi connectivity index (χ0n) is 15.5. The summed E-state index contributed by atoms with van der Waals surface area (Å²) in [5.41, 5.74) is 0.350. The number of amides is 1. The number of nitrogens with one attached hydrogen (secondary N) is 1. The SMILES string of the molecule is CN(C)S(=O)(=O)c1cc(C(=O)NCCCN2CCCCCC2)ccc1Br. The first-order valence-corrected chi connectivity index (χ1v) is 11.3. The number of sulfonamides is 1. The van der Waals surface area contributed by atoms with Gasteiger partial charge in [-0.05, 0) is 73.0 Å². The molecule has 1 aromatic carbocycles. The molecule has 1 heterocycles. The number of hydrogen-bond donors (Lipinski definition) is 1. The summed E-state index contributed by atoms with van der Waals surface area (Å²) in [6, 6.07) is 4.65. The summed E-state index contributed by atoms with van der Waals surface area (Å²) in [6.45, 7) is 3.86. The number of carbonyl (C=O) groups excluding carboxylic acids is 1. The smallest absolute Gasteiger partial charge is 0.251 e. The van der Waals surface area contributed by atoms with E-state index in [1.54, 1.807) is 12.1 Å². The molecule has 0 aromatic heterocycles. The molecule has 0 bridgehead atoms. The van der Waals surface area contributed by atoms with Crippen LogP contribution in [0.3, 0.4) is 0 Å². The Morgan fingerprint density at radius 2 is 1.85 bits per heavy atom. The number of rotatable bonds is 7. The second-order valence-electron chi connectivity index (χ2n) is 6.80. The average Bonchev–Trinajstić information content (AvgIpc) is 2.87. The van der Waals surface area contributed by atoms with Gasteiger partial charge in [-0.3, -0.25) is 4.79 Å². The van der Waals surface area contributed by atoms with Crippen LogP contribution in [0.25, 0.3) is 0 Å². The molecular formula is C18H28BrN3O3S. The highest BCUT2D eigenvalue weighted by atomic mass is 79.9. The Balaban J connectivity index is 1.91. The summed E-state index contributed by atoms with van der Waals surface area (Å²) in [4.78, 5) is 14.9. The van der Waals surface area contributed by atoms with Crippen LogP contribution in [0.15, 0.2) is 27.6 Å². The first kappa shape index (κ1) is 21.3. The summed E-state index contributed by atoms with van der Waals surface area (Å²) in [6.07, 6.45) is 6.04. The second kappa shape index (κ2) is 9.82. The summed E-state index contributed by atoms with van der Waals surface area (Å²) >= 11 is 3.25. The Hall–Kier alpha value is -0.960. The summed E-state index contributed by atoms with van der Waals surface area (Å²) < 4.78 is 26.3. The van der Waals surface area contributed by atoms with Gasteiger partial charge in [0.1, 0.15) is 0 Å². The topological polar surface area (TPSA) is 69.7 Å². The highest BCUT2D eigenvalue weighted by molar-refractivity contribution is 9.10. The normalized spacial score (nSPS) is 16.5. The second-order valence-corrected chi connectivity index (χ2v) is 9.77. The Kier molecular flexibility index (Phi) is 8.06. The van der Waals surface area contributed by atoms with Gasteiger partial charge in [-0.1, -0.05) is 12.8 Å². The largest absolute Gasteiger partial charge is 0.352 e.